The van der Waals surface area contributed by atoms with Gasteiger partial charge in [-0.2, -0.15) is 0 Å². The van der Waals surface area contributed by atoms with Crippen molar-refractivity contribution in [2.45, 2.75) is 109 Å². The van der Waals surface area contributed by atoms with Crippen LogP contribution >= 0.6 is 0 Å². The summed E-state index contributed by atoms with van der Waals surface area (Å²) in [6.07, 6.45) is 0.877. The van der Waals surface area contributed by atoms with Gasteiger partial charge in [-0.3, -0.25) is 19.2 Å². The second kappa shape index (κ2) is 14.5. The number of hydrogen-bond donors (Lipinski definition) is 5. The summed E-state index contributed by atoms with van der Waals surface area (Å²) >= 11 is 0. The zero-order valence-electron chi connectivity index (χ0n) is 25.3. The number of amides is 5. The number of ether oxygens (including phenoxy) is 1. The Labute approximate surface area is 247 Å². The second-order valence-corrected chi connectivity index (χ2v) is 12.4. The lowest BCUT2D eigenvalue weighted by atomic mass is 10.0. The molecule has 2 aliphatic rings. The van der Waals surface area contributed by atoms with Gasteiger partial charge in [-0.15, -0.1) is 0 Å². The van der Waals surface area contributed by atoms with E-state index in [-0.39, 0.29) is 32.0 Å². The van der Waals surface area contributed by atoms with Gasteiger partial charge < -0.3 is 36.6 Å². The van der Waals surface area contributed by atoms with Gasteiger partial charge in [-0.1, -0.05) is 38.1 Å². The van der Waals surface area contributed by atoms with Gasteiger partial charge in [0.2, 0.25) is 23.6 Å². The Morgan fingerprint density at radius 2 is 1.79 bits per heavy atom. The maximum absolute atomic E-state index is 13.7. The maximum atomic E-state index is 13.7. The zero-order valence-corrected chi connectivity index (χ0v) is 25.3. The molecule has 2 saturated heterocycles. The van der Waals surface area contributed by atoms with Crippen molar-refractivity contribution in [2.75, 3.05) is 13.1 Å². The first-order valence-corrected chi connectivity index (χ1v) is 14.7. The summed E-state index contributed by atoms with van der Waals surface area (Å²) in [5.74, 6) is -1.52. The van der Waals surface area contributed by atoms with Crippen LogP contribution < -0.4 is 27.0 Å². The standard InChI is InChI=1S/C30H46N6O6/c1-18(2)20-8-6-19(7-9-20)16-33-26(38)22(11-13-25(31)37)34-27(39)24-12-10-21-14-15-32-17-23(28(40)36(21)24)35-29(41)42-30(3,4)5/h6-9,18,21-24,32H,10-17H2,1-5H3,(H2,31,37)(H,33,38)(H,34,39)(H,35,41)/t21-,22+,23+,24+/m1/s1. The predicted molar refractivity (Wildman–Crippen MR) is 157 cm³/mol. The summed E-state index contributed by atoms with van der Waals surface area (Å²) in [4.78, 5) is 65.9. The highest BCUT2D eigenvalue weighted by Gasteiger charge is 2.44. The highest BCUT2D eigenvalue weighted by Crippen LogP contribution is 2.28. The van der Waals surface area contributed by atoms with Crippen LogP contribution in [-0.4, -0.2) is 77.5 Å². The Hall–Kier alpha value is -3.67. The number of rotatable bonds is 10. The van der Waals surface area contributed by atoms with Gasteiger partial charge >= 0.3 is 6.09 Å². The molecule has 0 aromatic heterocycles. The van der Waals surface area contributed by atoms with Crippen LogP contribution in [0.3, 0.4) is 0 Å². The van der Waals surface area contributed by atoms with E-state index in [9.17, 15) is 24.0 Å². The number of alkyl carbamates (subject to hydrolysis) is 1. The van der Waals surface area contributed by atoms with E-state index in [1.54, 1.807) is 20.8 Å². The molecule has 12 nitrogen and oxygen atoms in total. The Kier molecular flexibility index (Phi) is 11.3. The van der Waals surface area contributed by atoms with Gasteiger partial charge in [0.25, 0.3) is 0 Å². The summed E-state index contributed by atoms with van der Waals surface area (Å²) in [7, 11) is 0. The number of primary amides is 1. The van der Waals surface area contributed by atoms with Crippen molar-refractivity contribution in [3.8, 4) is 0 Å². The average Bonchev–Trinajstić information content (AvgIpc) is 3.32. The van der Waals surface area contributed by atoms with E-state index in [0.717, 1.165) is 5.56 Å². The monoisotopic (exact) mass is 586 g/mol. The van der Waals surface area contributed by atoms with Crippen molar-refractivity contribution in [2.24, 2.45) is 5.73 Å². The Morgan fingerprint density at radius 3 is 2.40 bits per heavy atom. The third-order valence-corrected chi connectivity index (χ3v) is 7.48. The molecular formula is C30H46N6O6. The Balaban J connectivity index is 1.70. The molecule has 0 saturated carbocycles. The summed E-state index contributed by atoms with van der Waals surface area (Å²) in [6.45, 7) is 10.4. The Morgan fingerprint density at radius 1 is 1.10 bits per heavy atom. The molecule has 0 radical (unpaired) electrons. The molecule has 0 bridgehead atoms. The molecule has 2 heterocycles. The van der Waals surface area contributed by atoms with Crippen molar-refractivity contribution >= 4 is 29.7 Å². The number of benzene rings is 1. The first kappa shape index (κ1) is 32.8. The van der Waals surface area contributed by atoms with Crippen LogP contribution in [0.5, 0.6) is 0 Å². The average molecular weight is 587 g/mol. The van der Waals surface area contributed by atoms with E-state index >= 15 is 0 Å². The van der Waals surface area contributed by atoms with E-state index in [2.05, 4.69) is 35.1 Å². The van der Waals surface area contributed by atoms with E-state index in [0.29, 0.717) is 31.7 Å². The summed E-state index contributed by atoms with van der Waals surface area (Å²) < 4.78 is 5.33. The van der Waals surface area contributed by atoms with E-state index < -0.39 is 53.4 Å². The smallest absolute Gasteiger partial charge is 0.408 e. The Bertz CT molecular complexity index is 1130. The molecule has 2 aliphatic heterocycles. The molecule has 4 atom stereocenters. The highest BCUT2D eigenvalue weighted by atomic mass is 16.6. The van der Waals surface area contributed by atoms with Crippen LogP contribution in [0.4, 0.5) is 4.79 Å². The molecule has 12 heteroatoms. The van der Waals surface area contributed by atoms with Gasteiger partial charge in [-0.25, -0.2) is 4.79 Å². The number of nitrogens with zero attached hydrogens (tertiary/aromatic N) is 1. The van der Waals surface area contributed by atoms with Crippen molar-refractivity contribution < 1.29 is 28.7 Å². The predicted octanol–water partition coefficient (Wildman–Crippen LogP) is 1.42. The fourth-order valence-electron chi connectivity index (χ4n) is 5.26. The van der Waals surface area contributed by atoms with Crippen molar-refractivity contribution in [3.05, 3.63) is 35.4 Å². The minimum Gasteiger partial charge on any atom is -0.444 e. The zero-order chi connectivity index (χ0) is 31.0. The lowest BCUT2D eigenvalue weighted by Crippen LogP contribution is -2.61. The molecule has 232 valence electrons. The number of hydrogen-bond acceptors (Lipinski definition) is 7. The largest absolute Gasteiger partial charge is 0.444 e. The topological polar surface area (TPSA) is 172 Å². The fourth-order valence-corrected chi connectivity index (χ4v) is 5.26. The van der Waals surface area contributed by atoms with Gasteiger partial charge in [0.1, 0.15) is 23.7 Å². The van der Waals surface area contributed by atoms with E-state index in [1.807, 2.05) is 24.3 Å². The number of fused-ring (bicyclic) bond motifs is 1. The van der Waals surface area contributed by atoms with Crippen molar-refractivity contribution in [3.63, 3.8) is 0 Å². The summed E-state index contributed by atoms with van der Waals surface area (Å²) in [5, 5.41) is 11.4. The minimum absolute atomic E-state index is 0.0238. The number of nitrogens with one attached hydrogen (secondary N) is 4. The first-order valence-electron chi connectivity index (χ1n) is 14.7. The minimum atomic E-state index is -1.01. The van der Waals surface area contributed by atoms with Crippen LogP contribution in [0.25, 0.3) is 0 Å². The normalized spacial score (nSPS) is 21.5. The van der Waals surface area contributed by atoms with E-state index in [1.165, 1.54) is 10.5 Å². The lowest BCUT2D eigenvalue weighted by molar-refractivity contribution is -0.143. The number of carbonyl (C=O) groups is 5. The molecule has 3 rings (SSSR count). The third kappa shape index (κ3) is 9.43. The molecule has 1 aromatic carbocycles. The maximum Gasteiger partial charge on any atom is 0.408 e. The second-order valence-electron chi connectivity index (χ2n) is 12.4. The first-order chi connectivity index (χ1) is 19.7. The molecule has 0 unspecified atom stereocenters. The van der Waals surface area contributed by atoms with Gasteiger partial charge in [0, 0.05) is 25.6 Å². The van der Waals surface area contributed by atoms with Crippen LogP contribution in [0, 0.1) is 0 Å². The molecule has 42 heavy (non-hydrogen) atoms. The van der Waals surface area contributed by atoms with Crippen LogP contribution in [0.15, 0.2) is 24.3 Å². The number of carbonyl (C=O) groups excluding carboxylic acids is 5. The molecular weight excluding hydrogens is 540 g/mol. The van der Waals surface area contributed by atoms with Crippen molar-refractivity contribution in [1.29, 1.82) is 0 Å². The van der Waals surface area contributed by atoms with Gasteiger partial charge in [0.15, 0.2) is 0 Å². The van der Waals surface area contributed by atoms with Crippen LogP contribution in [-0.2, 0) is 30.5 Å². The number of nitrogens with two attached hydrogens (primary N) is 1. The van der Waals surface area contributed by atoms with Crippen LogP contribution in [0.2, 0.25) is 0 Å². The summed E-state index contributed by atoms with van der Waals surface area (Å²) in [6, 6.07) is 4.94. The van der Waals surface area contributed by atoms with Gasteiger partial charge in [-0.05, 0) is 70.0 Å². The third-order valence-electron chi connectivity index (χ3n) is 7.48. The quantitative estimate of drug-likeness (QED) is 0.276. The molecule has 2 fully saturated rings. The lowest BCUT2D eigenvalue weighted by Gasteiger charge is -2.36. The molecule has 1 aromatic rings. The van der Waals surface area contributed by atoms with Gasteiger partial charge in [0.05, 0.1) is 0 Å². The summed E-state index contributed by atoms with van der Waals surface area (Å²) in [5.41, 5.74) is 6.69. The highest BCUT2D eigenvalue weighted by molar-refractivity contribution is 5.94. The molecule has 5 amide bonds. The fraction of sp³-hybridized carbons (Fsp3) is 0.633. The molecule has 0 spiro atoms. The van der Waals surface area contributed by atoms with Crippen molar-refractivity contribution in [1.82, 2.24) is 26.2 Å². The molecule has 6 N–H and O–H groups in total. The van der Waals surface area contributed by atoms with E-state index in [4.69, 9.17) is 10.5 Å². The molecule has 0 aliphatic carbocycles. The SMILES string of the molecule is CC(C)c1ccc(CNC(=O)[C@H](CCC(N)=O)NC(=O)[C@@H]2CC[C@@H]3CCNC[C@H](NC(=O)OC(C)(C)C)C(=O)N32)cc1. The van der Waals surface area contributed by atoms with Crippen LogP contribution in [0.1, 0.15) is 83.8 Å².